The number of benzene rings is 1. The van der Waals surface area contributed by atoms with E-state index in [-0.39, 0.29) is 5.91 Å². The third kappa shape index (κ3) is 4.09. The molecule has 1 aromatic carbocycles. The van der Waals surface area contributed by atoms with Gasteiger partial charge in [0.05, 0.1) is 37.6 Å². The van der Waals surface area contributed by atoms with Gasteiger partial charge in [0.15, 0.2) is 6.67 Å². The molecule has 8 heteroatoms. The minimum absolute atomic E-state index is 0.147. The molecular formula is C20H24N5OS2+. The van der Waals surface area contributed by atoms with Gasteiger partial charge in [-0.15, -0.1) is 11.3 Å². The smallest absolute Gasteiger partial charge is 0.264 e. The molecule has 1 N–H and O–H groups in total. The Hall–Kier alpha value is -2.29. The second kappa shape index (κ2) is 8.38. The van der Waals surface area contributed by atoms with Crippen molar-refractivity contribution in [2.45, 2.75) is 20.1 Å². The summed E-state index contributed by atoms with van der Waals surface area (Å²) in [6.45, 7) is 6.83. The van der Waals surface area contributed by atoms with Crippen LogP contribution in [0.1, 0.15) is 21.1 Å². The quantitative estimate of drug-likeness (QED) is 0.648. The van der Waals surface area contributed by atoms with Gasteiger partial charge in [0.25, 0.3) is 5.91 Å². The van der Waals surface area contributed by atoms with Gasteiger partial charge in [-0.25, -0.2) is 0 Å². The number of piperazine rings is 1. The van der Waals surface area contributed by atoms with E-state index in [0.29, 0.717) is 0 Å². The molecule has 1 saturated heterocycles. The predicted octanol–water partition coefficient (Wildman–Crippen LogP) is 1.83. The number of thiophene rings is 1. The monoisotopic (exact) mass is 414 g/mol. The molecule has 3 aromatic rings. The number of aryl methyl sites for hydroxylation is 1. The summed E-state index contributed by atoms with van der Waals surface area (Å²) in [7, 11) is 0. The van der Waals surface area contributed by atoms with E-state index < -0.39 is 0 Å². The zero-order valence-corrected chi connectivity index (χ0v) is 17.5. The lowest BCUT2D eigenvalue weighted by atomic mass is 10.2. The van der Waals surface area contributed by atoms with E-state index in [1.165, 1.54) is 21.8 Å². The highest BCUT2D eigenvalue weighted by Crippen LogP contribution is 2.12. The second-order valence-electron chi connectivity index (χ2n) is 7.08. The Morgan fingerprint density at radius 1 is 1.18 bits per heavy atom. The number of carbonyl (C=O) groups is 1. The van der Waals surface area contributed by atoms with Crippen LogP contribution in [-0.4, -0.2) is 51.3 Å². The second-order valence-corrected chi connectivity index (χ2v) is 8.39. The van der Waals surface area contributed by atoms with Gasteiger partial charge in [-0.3, -0.25) is 9.36 Å². The molecule has 1 amide bonds. The average Bonchev–Trinajstić information content (AvgIpc) is 3.34. The third-order valence-electron chi connectivity index (χ3n) is 5.15. The molecule has 4 rings (SSSR count). The molecule has 1 aliphatic rings. The first kappa shape index (κ1) is 19.0. The Morgan fingerprint density at radius 3 is 2.61 bits per heavy atom. The number of amides is 1. The van der Waals surface area contributed by atoms with Crippen LogP contribution in [-0.2, 0) is 13.2 Å². The van der Waals surface area contributed by atoms with Gasteiger partial charge in [-0.2, -0.15) is 9.78 Å². The first-order valence-electron chi connectivity index (χ1n) is 9.46. The summed E-state index contributed by atoms with van der Waals surface area (Å²) in [6.07, 6.45) is 0. The van der Waals surface area contributed by atoms with E-state index in [4.69, 9.17) is 12.2 Å². The van der Waals surface area contributed by atoms with E-state index in [9.17, 15) is 4.79 Å². The molecule has 0 unspecified atom stereocenters. The van der Waals surface area contributed by atoms with Crippen LogP contribution in [0, 0.1) is 11.7 Å². The van der Waals surface area contributed by atoms with Crippen molar-refractivity contribution in [3.63, 3.8) is 0 Å². The maximum absolute atomic E-state index is 12.5. The van der Waals surface area contributed by atoms with Crippen molar-refractivity contribution in [2.24, 2.45) is 0 Å². The summed E-state index contributed by atoms with van der Waals surface area (Å²) < 4.78 is 4.77. The number of quaternary nitrogens is 1. The lowest BCUT2D eigenvalue weighted by molar-refractivity contribution is -0.927. The zero-order chi connectivity index (χ0) is 19.5. The van der Waals surface area contributed by atoms with Crippen LogP contribution in [0.4, 0.5) is 0 Å². The fourth-order valence-corrected chi connectivity index (χ4v) is 4.55. The van der Waals surface area contributed by atoms with Gasteiger partial charge in [-0.05, 0) is 36.2 Å². The normalized spacial score (nSPS) is 15.1. The first-order chi connectivity index (χ1) is 13.6. The molecule has 0 bridgehead atoms. The van der Waals surface area contributed by atoms with Crippen LogP contribution in [0.25, 0.3) is 0 Å². The van der Waals surface area contributed by atoms with Crippen molar-refractivity contribution in [1.29, 1.82) is 0 Å². The fourth-order valence-electron chi connectivity index (χ4n) is 3.55. The van der Waals surface area contributed by atoms with E-state index >= 15 is 0 Å². The van der Waals surface area contributed by atoms with E-state index in [1.807, 2.05) is 52.2 Å². The molecule has 0 radical (unpaired) electrons. The standard InChI is InChI=1S/C20H23N5OS2/c1-16-21-25(20(27)24(16)14-17-6-3-2-4-7-17)15-22-9-11-23(12-10-22)19(26)18-8-5-13-28-18/h2-8,13H,9-12,14-15H2,1H3/p+1. The van der Waals surface area contributed by atoms with E-state index in [2.05, 4.69) is 21.8 Å². The highest BCUT2D eigenvalue weighted by atomic mass is 32.1. The average molecular weight is 415 g/mol. The van der Waals surface area contributed by atoms with Gasteiger partial charge >= 0.3 is 0 Å². The molecule has 146 valence electrons. The molecule has 0 atom stereocenters. The Balaban J connectivity index is 1.38. The zero-order valence-electron chi connectivity index (χ0n) is 15.9. The van der Waals surface area contributed by atoms with Crippen LogP contribution in [0.3, 0.4) is 0 Å². The van der Waals surface area contributed by atoms with Gasteiger partial charge in [0.2, 0.25) is 4.77 Å². The number of aromatic nitrogens is 3. The number of carbonyl (C=O) groups excluding carboxylic acids is 1. The van der Waals surface area contributed by atoms with Crippen molar-refractivity contribution in [1.82, 2.24) is 19.2 Å². The summed E-state index contributed by atoms with van der Waals surface area (Å²) in [5.41, 5.74) is 1.22. The molecule has 6 nitrogen and oxygen atoms in total. The van der Waals surface area contributed by atoms with Crippen LogP contribution < -0.4 is 4.90 Å². The highest BCUT2D eigenvalue weighted by molar-refractivity contribution is 7.71. The Morgan fingerprint density at radius 2 is 1.93 bits per heavy atom. The number of nitrogens with one attached hydrogen (secondary N) is 1. The fraction of sp³-hybridized carbons (Fsp3) is 0.350. The Bertz CT molecular complexity index is 986. The SMILES string of the molecule is Cc1nn(C[NH+]2CCN(C(=O)c3cccs3)CC2)c(=S)n1Cc1ccccc1. The molecule has 3 heterocycles. The van der Waals surface area contributed by atoms with Crippen LogP contribution in [0.15, 0.2) is 47.8 Å². The Labute approximate surface area is 173 Å². The van der Waals surface area contributed by atoms with Crippen molar-refractivity contribution >= 4 is 29.5 Å². The highest BCUT2D eigenvalue weighted by Gasteiger charge is 2.25. The molecule has 1 aliphatic heterocycles. The van der Waals surface area contributed by atoms with Crippen LogP contribution in [0.5, 0.6) is 0 Å². The van der Waals surface area contributed by atoms with Gasteiger partial charge in [0.1, 0.15) is 5.82 Å². The molecular weight excluding hydrogens is 390 g/mol. The molecule has 2 aromatic heterocycles. The number of nitrogens with zero attached hydrogens (tertiary/aromatic N) is 4. The summed E-state index contributed by atoms with van der Waals surface area (Å²) in [5, 5.41) is 6.62. The van der Waals surface area contributed by atoms with Crippen LogP contribution in [0.2, 0.25) is 0 Å². The number of hydrogen-bond acceptors (Lipinski definition) is 4. The van der Waals surface area contributed by atoms with Gasteiger partial charge in [-0.1, -0.05) is 36.4 Å². The topological polar surface area (TPSA) is 47.5 Å². The van der Waals surface area contributed by atoms with Crippen molar-refractivity contribution in [2.75, 3.05) is 26.2 Å². The summed E-state index contributed by atoms with van der Waals surface area (Å²) in [5.74, 6) is 1.08. The summed E-state index contributed by atoms with van der Waals surface area (Å²) >= 11 is 7.19. The Kier molecular flexibility index (Phi) is 5.70. The lowest BCUT2D eigenvalue weighted by Gasteiger charge is -2.31. The first-order valence-corrected chi connectivity index (χ1v) is 10.7. The largest absolute Gasteiger partial charge is 0.327 e. The minimum atomic E-state index is 0.147. The van der Waals surface area contributed by atoms with E-state index in [1.54, 1.807) is 0 Å². The van der Waals surface area contributed by atoms with E-state index in [0.717, 1.165) is 54.9 Å². The maximum Gasteiger partial charge on any atom is 0.264 e. The number of rotatable bonds is 5. The third-order valence-corrected chi connectivity index (χ3v) is 6.44. The molecule has 0 saturated carbocycles. The predicted molar refractivity (Wildman–Crippen MR) is 112 cm³/mol. The van der Waals surface area contributed by atoms with Crippen molar-refractivity contribution in [3.8, 4) is 0 Å². The minimum Gasteiger partial charge on any atom is -0.327 e. The lowest BCUT2D eigenvalue weighted by Crippen LogP contribution is -3.14. The van der Waals surface area contributed by atoms with Gasteiger partial charge < -0.3 is 9.80 Å². The summed E-state index contributed by atoms with van der Waals surface area (Å²) in [6, 6.07) is 14.1. The molecule has 0 spiro atoms. The van der Waals surface area contributed by atoms with Crippen LogP contribution >= 0.6 is 23.6 Å². The summed E-state index contributed by atoms with van der Waals surface area (Å²) in [4.78, 5) is 16.7. The molecule has 0 aliphatic carbocycles. The van der Waals surface area contributed by atoms with Crippen molar-refractivity contribution < 1.29 is 9.69 Å². The van der Waals surface area contributed by atoms with Crippen molar-refractivity contribution in [3.05, 3.63) is 68.9 Å². The maximum atomic E-state index is 12.5. The van der Waals surface area contributed by atoms with Gasteiger partial charge in [0, 0.05) is 0 Å². The number of hydrogen-bond donors (Lipinski definition) is 1. The molecule has 28 heavy (non-hydrogen) atoms. The molecule has 1 fully saturated rings.